The number of hydrogen-bond acceptors (Lipinski definition) is 5. The zero-order valence-electron chi connectivity index (χ0n) is 16.1. The molecule has 1 aliphatic heterocycles. The second-order valence-electron chi connectivity index (χ2n) is 7.70. The van der Waals surface area contributed by atoms with Crippen LogP contribution < -0.4 is 10.4 Å². The van der Waals surface area contributed by atoms with Crippen molar-refractivity contribution in [3.05, 3.63) is 57.9 Å². The number of nitrogens with zero attached hydrogens (tertiary/aromatic N) is 5. The van der Waals surface area contributed by atoms with Crippen LogP contribution >= 0.6 is 0 Å². The molecule has 0 saturated carbocycles. The summed E-state index contributed by atoms with van der Waals surface area (Å²) >= 11 is 0. The lowest BCUT2D eigenvalue weighted by atomic mass is 9.99. The van der Waals surface area contributed by atoms with Gasteiger partial charge in [0.15, 0.2) is 0 Å². The van der Waals surface area contributed by atoms with Crippen LogP contribution in [0.1, 0.15) is 30.8 Å². The summed E-state index contributed by atoms with van der Waals surface area (Å²) in [7, 11) is 0. The molecule has 0 aliphatic carbocycles. The van der Waals surface area contributed by atoms with Gasteiger partial charge in [0, 0.05) is 29.9 Å². The van der Waals surface area contributed by atoms with Crippen LogP contribution in [0.5, 0.6) is 5.75 Å². The molecule has 0 amide bonds. The van der Waals surface area contributed by atoms with Crippen LogP contribution in [0.25, 0.3) is 11.3 Å². The van der Waals surface area contributed by atoms with Crippen molar-refractivity contribution >= 4 is 0 Å². The summed E-state index contributed by atoms with van der Waals surface area (Å²) in [5.74, 6) is 0.942. The Hall–Kier alpha value is -2.96. The standard InChI is InChI=1S/C20H23N5O2/c1-13-9-14(2)25(19(26)21-13)8-7-24-12-17(22-23-24)15-5-6-18-16(10-15)11-20(3,4)27-18/h5-6,9-10,12H,7-8,11H2,1-4H3. The van der Waals surface area contributed by atoms with Crippen LogP contribution in [0.2, 0.25) is 0 Å². The van der Waals surface area contributed by atoms with Crippen molar-refractivity contribution < 1.29 is 4.74 Å². The molecule has 1 aliphatic rings. The number of rotatable bonds is 4. The van der Waals surface area contributed by atoms with Gasteiger partial charge in [0.25, 0.3) is 0 Å². The van der Waals surface area contributed by atoms with Gasteiger partial charge in [-0.05, 0) is 57.5 Å². The third-order valence-corrected chi connectivity index (χ3v) is 4.80. The molecule has 0 N–H and O–H groups in total. The number of hydrogen-bond donors (Lipinski definition) is 0. The van der Waals surface area contributed by atoms with Gasteiger partial charge in [-0.3, -0.25) is 9.25 Å². The van der Waals surface area contributed by atoms with Crippen molar-refractivity contribution in [2.24, 2.45) is 0 Å². The lowest BCUT2D eigenvalue weighted by Gasteiger charge is -2.16. The number of ether oxygens (including phenoxy) is 1. The van der Waals surface area contributed by atoms with Crippen molar-refractivity contribution in [2.45, 2.75) is 52.8 Å². The normalized spacial score (nSPS) is 14.8. The minimum absolute atomic E-state index is 0.161. The van der Waals surface area contributed by atoms with Gasteiger partial charge < -0.3 is 4.74 Å². The third-order valence-electron chi connectivity index (χ3n) is 4.80. The Balaban J connectivity index is 1.51. The van der Waals surface area contributed by atoms with Gasteiger partial charge in [0.05, 0.1) is 12.7 Å². The van der Waals surface area contributed by atoms with E-state index in [0.29, 0.717) is 13.1 Å². The molecule has 3 heterocycles. The van der Waals surface area contributed by atoms with E-state index < -0.39 is 0 Å². The van der Waals surface area contributed by atoms with E-state index in [1.807, 2.05) is 38.2 Å². The topological polar surface area (TPSA) is 74.8 Å². The maximum absolute atomic E-state index is 12.1. The van der Waals surface area contributed by atoms with Gasteiger partial charge in [0.2, 0.25) is 0 Å². The van der Waals surface area contributed by atoms with E-state index in [-0.39, 0.29) is 11.3 Å². The average molecular weight is 365 g/mol. The van der Waals surface area contributed by atoms with Crippen molar-refractivity contribution in [1.82, 2.24) is 24.5 Å². The molecule has 0 unspecified atom stereocenters. The Morgan fingerprint density at radius 2 is 2.00 bits per heavy atom. The summed E-state index contributed by atoms with van der Waals surface area (Å²) < 4.78 is 9.34. The summed E-state index contributed by atoms with van der Waals surface area (Å²) in [6.45, 7) is 8.98. The maximum Gasteiger partial charge on any atom is 0.348 e. The van der Waals surface area contributed by atoms with Gasteiger partial charge in [-0.1, -0.05) is 5.21 Å². The van der Waals surface area contributed by atoms with E-state index >= 15 is 0 Å². The molecule has 0 spiro atoms. The summed E-state index contributed by atoms with van der Waals surface area (Å²) in [6, 6.07) is 8.03. The van der Waals surface area contributed by atoms with E-state index in [4.69, 9.17) is 4.74 Å². The first-order valence-corrected chi connectivity index (χ1v) is 9.08. The Bertz CT molecular complexity index is 1060. The molecule has 7 heteroatoms. The van der Waals surface area contributed by atoms with E-state index in [0.717, 1.165) is 34.8 Å². The molecule has 4 rings (SSSR count). The van der Waals surface area contributed by atoms with Crippen LogP contribution in [0.4, 0.5) is 0 Å². The molecule has 0 bridgehead atoms. The van der Waals surface area contributed by atoms with Crippen molar-refractivity contribution in [2.75, 3.05) is 0 Å². The minimum atomic E-state index is -0.228. The molecule has 7 nitrogen and oxygen atoms in total. The van der Waals surface area contributed by atoms with Gasteiger partial charge >= 0.3 is 5.69 Å². The lowest BCUT2D eigenvalue weighted by molar-refractivity contribution is 0.138. The Kier molecular flexibility index (Phi) is 4.09. The Morgan fingerprint density at radius 1 is 1.19 bits per heavy atom. The van der Waals surface area contributed by atoms with Gasteiger partial charge in [-0.15, -0.1) is 5.10 Å². The lowest BCUT2D eigenvalue weighted by Crippen LogP contribution is -2.27. The van der Waals surface area contributed by atoms with Gasteiger partial charge in [-0.2, -0.15) is 4.98 Å². The predicted molar refractivity (Wildman–Crippen MR) is 102 cm³/mol. The van der Waals surface area contributed by atoms with Crippen molar-refractivity contribution in [3.63, 3.8) is 0 Å². The highest BCUT2D eigenvalue weighted by atomic mass is 16.5. The van der Waals surface area contributed by atoms with Gasteiger partial charge in [0.1, 0.15) is 17.0 Å². The second kappa shape index (κ2) is 6.33. The zero-order chi connectivity index (χ0) is 19.2. The van der Waals surface area contributed by atoms with Crippen LogP contribution in [0.3, 0.4) is 0 Å². The average Bonchev–Trinajstić information content (AvgIpc) is 3.15. The fourth-order valence-electron chi connectivity index (χ4n) is 3.56. The largest absolute Gasteiger partial charge is 0.487 e. The first-order valence-electron chi connectivity index (χ1n) is 9.08. The fourth-order valence-corrected chi connectivity index (χ4v) is 3.56. The SMILES string of the molecule is Cc1cc(C)n(CCn2cc(-c3ccc4c(c3)CC(C)(C)O4)nn2)c(=O)n1. The van der Waals surface area contributed by atoms with Crippen LogP contribution in [0.15, 0.2) is 35.3 Å². The third kappa shape index (κ3) is 3.49. The first kappa shape index (κ1) is 17.5. The molecule has 0 radical (unpaired) electrons. The molecule has 140 valence electrons. The highest BCUT2D eigenvalue weighted by Crippen LogP contribution is 2.36. The van der Waals surface area contributed by atoms with Crippen LogP contribution in [-0.4, -0.2) is 30.1 Å². The Labute approximate surface area is 157 Å². The van der Waals surface area contributed by atoms with Crippen LogP contribution in [0, 0.1) is 13.8 Å². The van der Waals surface area contributed by atoms with E-state index in [1.165, 1.54) is 5.56 Å². The molecule has 1 aromatic carbocycles. The monoisotopic (exact) mass is 365 g/mol. The number of fused-ring (bicyclic) bond motifs is 1. The van der Waals surface area contributed by atoms with Crippen molar-refractivity contribution in [3.8, 4) is 17.0 Å². The summed E-state index contributed by atoms with van der Waals surface area (Å²) in [5.41, 5.74) is 4.27. The zero-order valence-corrected chi connectivity index (χ0v) is 16.1. The highest BCUT2D eigenvalue weighted by Gasteiger charge is 2.30. The van der Waals surface area contributed by atoms with Crippen molar-refractivity contribution in [1.29, 1.82) is 0 Å². The predicted octanol–water partition coefficient (Wildman–Crippen LogP) is 2.53. The molecule has 27 heavy (non-hydrogen) atoms. The number of aryl methyl sites for hydroxylation is 3. The molecular weight excluding hydrogens is 342 g/mol. The molecule has 0 saturated heterocycles. The fraction of sp³-hybridized carbons (Fsp3) is 0.400. The smallest absolute Gasteiger partial charge is 0.348 e. The highest BCUT2D eigenvalue weighted by molar-refractivity contribution is 5.62. The number of benzene rings is 1. The second-order valence-corrected chi connectivity index (χ2v) is 7.70. The summed E-state index contributed by atoms with van der Waals surface area (Å²) in [5, 5.41) is 8.49. The Morgan fingerprint density at radius 3 is 2.78 bits per heavy atom. The van der Waals surface area contributed by atoms with E-state index in [1.54, 1.807) is 9.25 Å². The minimum Gasteiger partial charge on any atom is -0.487 e. The number of aromatic nitrogens is 5. The molecule has 0 atom stereocenters. The maximum atomic E-state index is 12.1. The molecular formula is C20H23N5O2. The van der Waals surface area contributed by atoms with E-state index in [2.05, 4.69) is 35.2 Å². The van der Waals surface area contributed by atoms with E-state index in [9.17, 15) is 4.79 Å². The van der Waals surface area contributed by atoms with Crippen LogP contribution in [-0.2, 0) is 19.5 Å². The summed E-state index contributed by atoms with van der Waals surface area (Å²) in [4.78, 5) is 16.1. The molecule has 3 aromatic rings. The molecule has 2 aromatic heterocycles. The van der Waals surface area contributed by atoms with Gasteiger partial charge in [-0.25, -0.2) is 4.79 Å². The quantitative estimate of drug-likeness (QED) is 0.710. The molecule has 0 fully saturated rings. The summed E-state index contributed by atoms with van der Waals surface area (Å²) in [6.07, 6.45) is 2.79. The first-order chi connectivity index (χ1) is 12.8.